The minimum absolute atomic E-state index is 0.0331. The Balaban J connectivity index is 1.35. The highest BCUT2D eigenvalue weighted by molar-refractivity contribution is 8.00. The van der Waals surface area contributed by atoms with E-state index in [4.69, 9.17) is 14.2 Å². The average molecular weight is 651 g/mol. The van der Waals surface area contributed by atoms with Gasteiger partial charge in [-0.25, -0.2) is 0 Å². The largest absolute Gasteiger partial charge is 0.496 e. The number of rotatable bonds is 12. The van der Waals surface area contributed by atoms with Gasteiger partial charge in [-0.05, 0) is 73.0 Å². The highest BCUT2D eigenvalue weighted by Gasteiger charge is 2.19. The number of ether oxygens (including phenoxy) is 3. The number of aromatic nitrogens is 1. The Morgan fingerprint density at radius 1 is 0.766 bits per heavy atom. The summed E-state index contributed by atoms with van der Waals surface area (Å²) in [6, 6.07) is 26.7. The Morgan fingerprint density at radius 3 is 2.23 bits per heavy atom. The maximum Gasteiger partial charge on any atom is 0.272 e. The second-order valence-corrected chi connectivity index (χ2v) is 11.8. The summed E-state index contributed by atoms with van der Waals surface area (Å²) in [7, 11) is 4.50. The number of carbonyl (C=O) groups excluding carboxylic acids is 3. The van der Waals surface area contributed by atoms with Gasteiger partial charge in [0.25, 0.3) is 11.8 Å². The fourth-order valence-corrected chi connectivity index (χ4v) is 5.66. The Bertz CT molecular complexity index is 1940. The smallest absolute Gasteiger partial charge is 0.272 e. The maximum atomic E-state index is 13.7. The van der Waals surface area contributed by atoms with Gasteiger partial charge in [0.1, 0.15) is 11.4 Å². The van der Waals surface area contributed by atoms with Crippen LogP contribution in [0, 0.1) is 0 Å². The first-order chi connectivity index (χ1) is 22.8. The zero-order valence-electron chi connectivity index (χ0n) is 26.3. The van der Waals surface area contributed by atoms with Crippen molar-refractivity contribution < 1.29 is 28.6 Å². The van der Waals surface area contributed by atoms with E-state index in [1.807, 2.05) is 43.5 Å². The summed E-state index contributed by atoms with van der Waals surface area (Å²) in [6.07, 6.45) is 3.36. The van der Waals surface area contributed by atoms with Crippen LogP contribution >= 0.6 is 11.8 Å². The summed E-state index contributed by atoms with van der Waals surface area (Å²) in [4.78, 5) is 43.8. The lowest BCUT2D eigenvalue weighted by Crippen LogP contribution is -2.30. The van der Waals surface area contributed by atoms with Crippen molar-refractivity contribution in [3.05, 3.63) is 114 Å². The van der Waals surface area contributed by atoms with Gasteiger partial charge in [0, 0.05) is 45.2 Å². The van der Waals surface area contributed by atoms with Crippen LogP contribution in [0.4, 0.5) is 11.4 Å². The second kappa shape index (κ2) is 15.1. The van der Waals surface area contributed by atoms with E-state index in [9.17, 15) is 14.4 Å². The van der Waals surface area contributed by atoms with E-state index in [0.717, 1.165) is 15.8 Å². The lowest BCUT2D eigenvalue weighted by molar-refractivity contribution is -0.115. The molecule has 1 unspecified atom stereocenters. The molecule has 10 nitrogen and oxygen atoms in total. The molecule has 5 aromatic rings. The number of hydrogen-bond donors (Lipinski definition) is 4. The molecule has 1 aromatic heterocycles. The van der Waals surface area contributed by atoms with Crippen molar-refractivity contribution in [1.29, 1.82) is 0 Å². The van der Waals surface area contributed by atoms with Gasteiger partial charge in [-0.2, -0.15) is 0 Å². The molecule has 0 saturated carbocycles. The molecular formula is C36H34N4O6S. The number of fused-ring (bicyclic) bond motifs is 1. The Hall–Kier alpha value is -5.68. The zero-order chi connectivity index (χ0) is 33.3. The molecule has 4 N–H and O–H groups in total. The van der Waals surface area contributed by atoms with Crippen molar-refractivity contribution in [2.24, 2.45) is 0 Å². The molecule has 0 aliphatic heterocycles. The third-order valence-corrected chi connectivity index (χ3v) is 8.25. The number of carbonyl (C=O) groups is 3. The lowest BCUT2D eigenvalue weighted by Gasteiger charge is -2.15. The Morgan fingerprint density at radius 2 is 1.49 bits per heavy atom. The first-order valence-corrected chi connectivity index (χ1v) is 15.5. The van der Waals surface area contributed by atoms with E-state index < -0.39 is 17.1 Å². The normalized spacial score (nSPS) is 11.8. The first-order valence-electron chi connectivity index (χ1n) is 14.6. The van der Waals surface area contributed by atoms with Gasteiger partial charge in [-0.3, -0.25) is 14.4 Å². The molecule has 240 valence electrons. The van der Waals surface area contributed by atoms with Gasteiger partial charge in [-0.15, -0.1) is 11.8 Å². The fraction of sp³-hybridized carbons (Fsp3) is 0.139. The topological polar surface area (TPSA) is 131 Å². The van der Waals surface area contributed by atoms with Gasteiger partial charge in [0.05, 0.1) is 26.6 Å². The summed E-state index contributed by atoms with van der Waals surface area (Å²) < 4.78 is 16.4. The molecule has 1 heterocycles. The summed E-state index contributed by atoms with van der Waals surface area (Å²) in [5.74, 6) is 0.0688. The average Bonchev–Trinajstić information content (AvgIpc) is 3.56. The third-order valence-electron chi connectivity index (χ3n) is 7.16. The molecule has 0 spiro atoms. The number of methoxy groups -OCH3 is 3. The maximum absolute atomic E-state index is 13.7. The van der Waals surface area contributed by atoms with E-state index in [2.05, 4.69) is 20.9 Å². The van der Waals surface area contributed by atoms with Crippen LogP contribution in [0.1, 0.15) is 22.8 Å². The predicted molar refractivity (Wildman–Crippen MR) is 185 cm³/mol. The molecular weight excluding hydrogens is 616 g/mol. The number of amides is 3. The van der Waals surface area contributed by atoms with Crippen molar-refractivity contribution in [3.63, 3.8) is 0 Å². The van der Waals surface area contributed by atoms with Crippen LogP contribution in [0.3, 0.4) is 0 Å². The van der Waals surface area contributed by atoms with Crippen molar-refractivity contribution >= 4 is 57.8 Å². The molecule has 0 bridgehead atoms. The third kappa shape index (κ3) is 8.13. The van der Waals surface area contributed by atoms with E-state index in [-0.39, 0.29) is 11.6 Å². The molecule has 0 saturated heterocycles. The summed E-state index contributed by atoms with van der Waals surface area (Å²) in [5, 5.41) is 9.19. The van der Waals surface area contributed by atoms with E-state index in [1.165, 1.54) is 39.2 Å². The van der Waals surface area contributed by atoms with Crippen LogP contribution in [0.15, 0.2) is 108 Å². The predicted octanol–water partition coefficient (Wildman–Crippen LogP) is 6.72. The monoisotopic (exact) mass is 650 g/mol. The number of benzene rings is 4. The van der Waals surface area contributed by atoms with Crippen molar-refractivity contribution in [3.8, 4) is 17.2 Å². The van der Waals surface area contributed by atoms with Crippen molar-refractivity contribution in [2.75, 3.05) is 32.0 Å². The van der Waals surface area contributed by atoms with E-state index in [0.29, 0.717) is 39.8 Å². The molecule has 1 atom stereocenters. The first kappa shape index (κ1) is 32.7. The highest BCUT2D eigenvalue weighted by atomic mass is 32.2. The van der Waals surface area contributed by atoms with E-state index >= 15 is 0 Å². The minimum Gasteiger partial charge on any atom is -0.496 e. The van der Waals surface area contributed by atoms with Crippen LogP contribution in [-0.2, 0) is 9.59 Å². The molecule has 4 aromatic carbocycles. The van der Waals surface area contributed by atoms with Crippen LogP contribution in [0.5, 0.6) is 17.2 Å². The minimum atomic E-state index is -0.571. The van der Waals surface area contributed by atoms with Crippen molar-refractivity contribution in [1.82, 2.24) is 10.3 Å². The molecule has 0 radical (unpaired) electrons. The number of aromatic amines is 1. The molecule has 0 fully saturated rings. The molecule has 3 amide bonds. The van der Waals surface area contributed by atoms with Gasteiger partial charge in [-0.1, -0.05) is 30.3 Å². The highest BCUT2D eigenvalue weighted by Crippen LogP contribution is 2.36. The second-order valence-electron chi connectivity index (χ2n) is 10.3. The summed E-state index contributed by atoms with van der Waals surface area (Å²) >= 11 is 1.35. The van der Waals surface area contributed by atoms with Gasteiger partial charge in [0.15, 0.2) is 11.5 Å². The molecule has 11 heteroatoms. The van der Waals surface area contributed by atoms with Gasteiger partial charge in [0.2, 0.25) is 5.91 Å². The van der Waals surface area contributed by atoms with Gasteiger partial charge < -0.3 is 35.1 Å². The standard InChI is InChI=1S/C36H34N4O6S/c1-22(34(41)38-27-14-13-23-15-16-37-29(23)20-27)47-28-12-8-11-26(19-28)39-36(43)30(40-35(42)24-9-6-5-7-10-24)17-25-18-32(45-3)33(46-4)21-31(25)44-2/h5-22,37H,1-4H3,(H,38,41)(H,39,43)(H,40,42)/b30-17+. The zero-order valence-corrected chi connectivity index (χ0v) is 27.1. The number of nitrogens with one attached hydrogen (secondary N) is 4. The number of hydrogen-bond acceptors (Lipinski definition) is 7. The summed E-state index contributed by atoms with van der Waals surface area (Å²) in [6.45, 7) is 1.81. The number of thioether (sulfide) groups is 1. The molecule has 5 rings (SSSR count). The van der Waals surface area contributed by atoms with Gasteiger partial charge >= 0.3 is 0 Å². The number of anilines is 2. The van der Waals surface area contributed by atoms with Crippen LogP contribution in [-0.4, -0.2) is 49.3 Å². The molecule has 0 aliphatic carbocycles. The van der Waals surface area contributed by atoms with E-state index in [1.54, 1.807) is 60.7 Å². The fourth-order valence-electron chi connectivity index (χ4n) is 4.74. The lowest BCUT2D eigenvalue weighted by atomic mass is 10.1. The Kier molecular flexibility index (Phi) is 10.5. The Labute approximate surface area is 276 Å². The molecule has 47 heavy (non-hydrogen) atoms. The number of H-pyrrole nitrogens is 1. The van der Waals surface area contributed by atoms with Crippen LogP contribution in [0.25, 0.3) is 17.0 Å². The SMILES string of the molecule is COc1cc(OC)c(OC)cc1/C=C(/NC(=O)c1ccccc1)C(=O)Nc1cccc(SC(C)C(=O)Nc2ccc3cc[nH]c3c2)c1. The quantitative estimate of drug-likeness (QED) is 0.0871. The van der Waals surface area contributed by atoms with Crippen LogP contribution in [0.2, 0.25) is 0 Å². The summed E-state index contributed by atoms with van der Waals surface area (Å²) in [5.41, 5.74) is 2.93. The van der Waals surface area contributed by atoms with Crippen molar-refractivity contribution in [2.45, 2.75) is 17.1 Å². The molecule has 0 aliphatic rings. The van der Waals surface area contributed by atoms with Crippen LogP contribution < -0.4 is 30.2 Å².